The van der Waals surface area contributed by atoms with Crippen molar-refractivity contribution in [2.45, 2.75) is 46.6 Å². The Labute approximate surface area is 86.1 Å². The molecule has 0 aromatic carbocycles. The highest BCUT2D eigenvalue weighted by Gasteiger charge is 2.30. The average Bonchev–Trinajstić information content (AvgIpc) is 2.12. The van der Waals surface area contributed by atoms with Gasteiger partial charge in [0, 0.05) is 11.8 Å². The van der Waals surface area contributed by atoms with Gasteiger partial charge in [-0.15, -0.1) is 0 Å². The summed E-state index contributed by atoms with van der Waals surface area (Å²) in [5.74, 6) is 0.446. The van der Waals surface area contributed by atoms with Crippen LogP contribution in [0.15, 0.2) is 0 Å². The molecule has 1 unspecified atom stereocenters. The molecule has 0 rings (SSSR count). The van der Waals surface area contributed by atoms with Crippen LogP contribution in [-0.4, -0.2) is 28.7 Å². The highest BCUT2D eigenvalue weighted by atomic mass is 16.3. The second-order valence-corrected chi connectivity index (χ2v) is 4.67. The van der Waals surface area contributed by atoms with Gasteiger partial charge in [0.05, 0.1) is 12.7 Å². The molecule has 0 saturated carbocycles. The number of carbonyl (C=O) groups is 1. The van der Waals surface area contributed by atoms with E-state index in [0.717, 1.165) is 0 Å². The lowest BCUT2D eigenvalue weighted by Crippen LogP contribution is -2.30. The Bertz CT molecular complexity index is 185. The Hall–Kier alpha value is -0.410. The molecule has 0 radical (unpaired) electrons. The molecule has 0 aliphatic heterocycles. The molecule has 3 nitrogen and oxygen atoms in total. The minimum absolute atomic E-state index is 0.153. The van der Waals surface area contributed by atoms with Crippen molar-refractivity contribution in [1.82, 2.24) is 0 Å². The Kier molecular flexibility index (Phi) is 5.31. The van der Waals surface area contributed by atoms with E-state index in [4.69, 9.17) is 10.2 Å². The number of hydrogen-bond donors (Lipinski definition) is 2. The monoisotopic (exact) mass is 202 g/mol. The molecular formula is C11H22O3. The van der Waals surface area contributed by atoms with Crippen molar-refractivity contribution in [2.75, 3.05) is 6.61 Å². The van der Waals surface area contributed by atoms with Gasteiger partial charge < -0.3 is 10.2 Å². The van der Waals surface area contributed by atoms with E-state index in [9.17, 15) is 4.79 Å². The lowest BCUT2D eigenvalue weighted by atomic mass is 9.76. The van der Waals surface area contributed by atoms with Crippen molar-refractivity contribution in [3.63, 3.8) is 0 Å². The second kappa shape index (κ2) is 5.47. The third-order valence-corrected chi connectivity index (χ3v) is 3.08. The van der Waals surface area contributed by atoms with E-state index in [1.54, 1.807) is 0 Å². The lowest BCUT2D eigenvalue weighted by Gasteiger charge is -2.27. The first-order chi connectivity index (χ1) is 6.32. The van der Waals surface area contributed by atoms with Crippen LogP contribution in [0.5, 0.6) is 0 Å². The van der Waals surface area contributed by atoms with Gasteiger partial charge >= 0.3 is 0 Å². The molecule has 0 saturated heterocycles. The summed E-state index contributed by atoms with van der Waals surface area (Å²) in [5.41, 5.74) is -0.338. The highest BCUT2D eigenvalue weighted by Crippen LogP contribution is 2.29. The van der Waals surface area contributed by atoms with Gasteiger partial charge in [-0.05, 0) is 12.3 Å². The fourth-order valence-electron chi connectivity index (χ4n) is 1.03. The topological polar surface area (TPSA) is 57.5 Å². The number of aliphatic hydroxyl groups is 2. The molecule has 0 aliphatic rings. The van der Waals surface area contributed by atoms with Crippen molar-refractivity contribution in [2.24, 2.45) is 11.3 Å². The minimum Gasteiger partial charge on any atom is -0.394 e. The number of Topliss-reactive ketones (excluding diaryl/α,β-unsaturated/α-hetero) is 1. The summed E-state index contributed by atoms with van der Waals surface area (Å²) in [7, 11) is 0. The van der Waals surface area contributed by atoms with E-state index >= 15 is 0 Å². The van der Waals surface area contributed by atoms with Crippen LogP contribution >= 0.6 is 0 Å². The molecule has 3 heteroatoms. The smallest absolute Gasteiger partial charge is 0.138 e. The maximum atomic E-state index is 11.7. The first-order valence-corrected chi connectivity index (χ1v) is 5.14. The molecule has 84 valence electrons. The summed E-state index contributed by atoms with van der Waals surface area (Å²) in [6, 6.07) is 0. The maximum Gasteiger partial charge on any atom is 0.138 e. The Morgan fingerprint density at radius 1 is 1.36 bits per heavy atom. The van der Waals surface area contributed by atoms with E-state index in [1.807, 2.05) is 27.7 Å². The second-order valence-electron chi connectivity index (χ2n) is 4.67. The van der Waals surface area contributed by atoms with Gasteiger partial charge in [0.25, 0.3) is 0 Å². The van der Waals surface area contributed by atoms with Crippen molar-refractivity contribution in [3.8, 4) is 0 Å². The van der Waals surface area contributed by atoms with Crippen molar-refractivity contribution >= 4 is 5.78 Å². The van der Waals surface area contributed by atoms with Crippen molar-refractivity contribution < 1.29 is 15.0 Å². The highest BCUT2D eigenvalue weighted by molar-refractivity contribution is 5.84. The van der Waals surface area contributed by atoms with Gasteiger partial charge in [-0.3, -0.25) is 4.79 Å². The van der Waals surface area contributed by atoms with Crippen LogP contribution < -0.4 is 0 Å². The van der Waals surface area contributed by atoms with Crippen LogP contribution in [0.3, 0.4) is 0 Å². The largest absolute Gasteiger partial charge is 0.394 e. The summed E-state index contributed by atoms with van der Waals surface area (Å²) >= 11 is 0. The Morgan fingerprint density at radius 2 is 1.86 bits per heavy atom. The molecule has 0 bridgehead atoms. The molecule has 0 fully saturated rings. The summed E-state index contributed by atoms with van der Waals surface area (Å²) in [6.07, 6.45) is -0.0693. The standard InChI is InChI=1S/C11H22O3/c1-8(2)11(3,4)10(14)6-5-9(13)7-12/h8-9,12-13H,5-7H2,1-4H3. The number of hydrogen-bond acceptors (Lipinski definition) is 3. The lowest BCUT2D eigenvalue weighted by molar-refractivity contribution is -0.129. The summed E-state index contributed by atoms with van der Waals surface area (Å²) in [5, 5.41) is 17.7. The normalized spacial score (nSPS) is 14.5. The SMILES string of the molecule is CC(C)C(C)(C)C(=O)CCC(O)CO. The quantitative estimate of drug-likeness (QED) is 0.684. The van der Waals surface area contributed by atoms with E-state index in [0.29, 0.717) is 18.8 Å². The predicted octanol–water partition coefficient (Wildman–Crippen LogP) is 1.37. The molecule has 0 amide bonds. The average molecular weight is 202 g/mol. The van der Waals surface area contributed by atoms with E-state index in [-0.39, 0.29) is 17.8 Å². The Morgan fingerprint density at radius 3 is 2.21 bits per heavy atom. The third kappa shape index (κ3) is 3.76. The van der Waals surface area contributed by atoms with Gasteiger partial charge in [-0.1, -0.05) is 27.7 Å². The molecule has 0 spiro atoms. The van der Waals surface area contributed by atoms with Crippen LogP contribution in [-0.2, 0) is 4.79 Å². The van der Waals surface area contributed by atoms with Gasteiger partial charge in [0.15, 0.2) is 0 Å². The molecular weight excluding hydrogens is 180 g/mol. The maximum absolute atomic E-state index is 11.7. The van der Waals surface area contributed by atoms with Crippen molar-refractivity contribution in [1.29, 1.82) is 0 Å². The van der Waals surface area contributed by atoms with Crippen LogP contribution in [0.2, 0.25) is 0 Å². The first-order valence-electron chi connectivity index (χ1n) is 5.14. The fourth-order valence-corrected chi connectivity index (χ4v) is 1.03. The molecule has 2 N–H and O–H groups in total. The zero-order valence-corrected chi connectivity index (χ0v) is 9.58. The molecule has 0 aromatic heterocycles. The predicted molar refractivity (Wildman–Crippen MR) is 56.0 cm³/mol. The van der Waals surface area contributed by atoms with Crippen LogP contribution in [0.25, 0.3) is 0 Å². The van der Waals surface area contributed by atoms with Gasteiger partial charge in [0.1, 0.15) is 5.78 Å². The van der Waals surface area contributed by atoms with Gasteiger partial charge in [-0.25, -0.2) is 0 Å². The zero-order chi connectivity index (χ0) is 11.4. The van der Waals surface area contributed by atoms with Gasteiger partial charge in [-0.2, -0.15) is 0 Å². The van der Waals surface area contributed by atoms with Crippen LogP contribution in [0.1, 0.15) is 40.5 Å². The van der Waals surface area contributed by atoms with E-state index in [1.165, 1.54) is 0 Å². The van der Waals surface area contributed by atoms with E-state index < -0.39 is 6.10 Å². The molecule has 14 heavy (non-hydrogen) atoms. The molecule has 0 heterocycles. The fraction of sp³-hybridized carbons (Fsp3) is 0.909. The number of rotatable bonds is 6. The molecule has 0 aliphatic carbocycles. The first kappa shape index (κ1) is 13.6. The molecule has 1 atom stereocenters. The Balaban J connectivity index is 4.08. The van der Waals surface area contributed by atoms with Gasteiger partial charge in [0.2, 0.25) is 0 Å². The molecule has 0 aromatic rings. The van der Waals surface area contributed by atoms with E-state index in [2.05, 4.69) is 0 Å². The summed E-state index contributed by atoms with van der Waals surface area (Å²) < 4.78 is 0. The summed E-state index contributed by atoms with van der Waals surface area (Å²) in [4.78, 5) is 11.7. The minimum atomic E-state index is -0.762. The van der Waals surface area contributed by atoms with Crippen LogP contribution in [0, 0.1) is 11.3 Å². The van der Waals surface area contributed by atoms with Crippen molar-refractivity contribution in [3.05, 3.63) is 0 Å². The number of aliphatic hydroxyl groups excluding tert-OH is 2. The number of carbonyl (C=O) groups excluding carboxylic acids is 1. The number of ketones is 1. The van der Waals surface area contributed by atoms with Crippen LogP contribution in [0.4, 0.5) is 0 Å². The zero-order valence-electron chi connectivity index (χ0n) is 9.58. The summed E-state index contributed by atoms with van der Waals surface area (Å²) in [6.45, 7) is 7.60. The third-order valence-electron chi connectivity index (χ3n) is 3.08.